The van der Waals surface area contributed by atoms with Crippen molar-refractivity contribution in [2.24, 2.45) is 28.8 Å². The molecule has 0 aromatic carbocycles. The molecule has 3 aliphatic rings. The standard InChI is InChI=1S/C44H75N3O13S/c1-15-31-44(10,53)37(50)25(4)34(46-45-32(48)20-29-17-16-18-61-29)23(2)21-43(9,55-14)39(60-41-35(49)30(47(11)12)19-24(3)56-41)26(5)36(27(6)40(52)58-31)59-33-22-42(8,54-13)38(51)28(7)57-33/h16-18,23-28,30-31,33,35-39,41,49-51,53H,15,19-22H2,1-14H3,(H,45,48)/b46-34+/t23-,24?,25+,26+,27-,28+,30?,31-,33?,35?,36+,37-,38+,39-,41?,42-,43-,44-/m1/s1. The van der Waals surface area contributed by atoms with Gasteiger partial charge in [-0.1, -0.05) is 33.8 Å². The summed E-state index contributed by atoms with van der Waals surface area (Å²) >= 11 is 1.45. The average molecular weight is 886 g/mol. The molecule has 4 heterocycles. The number of methoxy groups -OCH3 is 2. The van der Waals surface area contributed by atoms with E-state index in [1.165, 1.54) is 25.4 Å². The summed E-state index contributed by atoms with van der Waals surface area (Å²) in [4.78, 5) is 30.5. The number of nitrogens with one attached hydrogen (secondary N) is 1. The van der Waals surface area contributed by atoms with Crippen LogP contribution in [0.15, 0.2) is 22.6 Å². The van der Waals surface area contributed by atoms with E-state index in [9.17, 15) is 30.0 Å². The summed E-state index contributed by atoms with van der Waals surface area (Å²) in [6.07, 6.45) is -8.70. The molecular weight excluding hydrogens is 811 g/mol. The lowest BCUT2D eigenvalue weighted by atomic mass is 9.73. The second kappa shape index (κ2) is 21.2. The summed E-state index contributed by atoms with van der Waals surface area (Å²) in [5.41, 5.74) is -1.23. The van der Waals surface area contributed by atoms with Crippen LogP contribution in [0.3, 0.4) is 0 Å². The van der Waals surface area contributed by atoms with Crippen molar-refractivity contribution in [1.29, 1.82) is 0 Å². The molecule has 0 aliphatic carbocycles. The van der Waals surface area contributed by atoms with E-state index in [1.54, 1.807) is 41.7 Å². The number of hydrazone groups is 1. The molecular formula is C44H75N3O13S. The molecule has 5 unspecified atom stereocenters. The number of esters is 1. The first-order chi connectivity index (χ1) is 28.4. The Morgan fingerprint density at radius 2 is 1.62 bits per heavy atom. The number of aliphatic hydroxyl groups is 4. The van der Waals surface area contributed by atoms with Crippen molar-refractivity contribution in [2.45, 2.75) is 186 Å². The highest BCUT2D eigenvalue weighted by atomic mass is 32.1. The molecule has 3 aliphatic heterocycles. The molecule has 17 heteroatoms. The fraction of sp³-hybridized carbons (Fsp3) is 0.841. The molecule has 3 fully saturated rings. The summed E-state index contributed by atoms with van der Waals surface area (Å²) in [5, 5.41) is 53.5. The maximum absolute atomic E-state index is 14.5. The van der Waals surface area contributed by atoms with Crippen LogP contribution < -0.4 is 5.43 Å². The number of aliphatic hydroxyl groups excluding tert-OH is 3. The lowest BCUT2D eigenvalue weighted by Crippen LogP contribution is -2.61. The number of rotatable bonds is 11. The van der Waals surface area contributed by atoms with Gasteiger partial charge >= 0.3 is 5.97 Å². The second-order valence-corrected chi connectivity index (χ2v) is 19.6. The third-order valence-electron chi connectivity index (χ3n) is 13.5. The Kier molecular flexibility index (Phi) is 17.9. The molecule has 61 heavy (non-hydrogen) atoms. The number of carbonyl (C=O) groups excluding carboxylic acids is 2. The molecule has 0 saturated carbocycles. The van der Waals surface area contributed by atoms with Crippen LogP contribution in [-0.2, 0) is 49.2 Å². The minimum Gasteiger partial charge on any atom is -0.459 e. The Labute approximate surface area is 366 Å². The molecule has 0 spiro atoms. The molecule has 1 aromatic rings. The largest absolute Gasteiger partial charge is 0.459 e. The van der Waals surface area contributed by atoms with Gasteiger partial charge in [0.25, 0.3) is 0 Å². The molecule has 4 rings (SSSR count). The summed E-state index contributed by atoms with van der Waals surface area (Å²) in [7, 11) is 6.82. The van der Waals surface area contributed by atoms with Crippen LogP contribution in [0, 0.1) is 23.7 Å². The van der Waals surface area contributed by atoms with E-state index in [2.05, 4.69) is 10.5 Å². The molecule has 3 saturated heterocycles. The highest BCUT2D eigenvalue weighted by Gasteiger charge is 2.54. The molecule has 1 amide bonds. The lowest BCUT2D eigenvalue weighted by molar-refractivity contribution is -0.319. The Bertz CT molecular complexity index is 1600. The van der Waals surface area contributed by atoms with Crippen LogP contribution in [0.25, 0.3) is 0 Å². The van der Waals surface area contributed by atoms with Crippen molar-refractivity contribution in [3.63, 3.8) is 0 Å². The van der Waals surface area contributed by atoms with Gasteiger partial charge in [0.15, 0.2) is 12.6 Å². The number of carbonyl (C=O) groups is 2. The van der Waals surface area contributed by atoms with Crippen molar-refractivity contribution in [1.82, 2.24) is 10.3 Å². The van der Waals surface area contributed by atoms with Gasteiger partial charge in [-0.2, -0.15) is 5.10 Å². The van der Waals surface area contributed by atoms with Gasteiger partial charge in [-0.05, 0) is 92.3 Å². The smallest absolute Gasteiger partial charge is 0.311 e. The topological polar surface area (TPSA) is 207 Å². The maximum atomic E-state index is 14.5. The monoisotopic (exact) mass is 886 g/mol. The number of hydrogen-bond donors (Lipinski definition) is 5. The molecule has 18 atom stereocenters. The van der Waals surface area contributed by atoms with Gasteiger partial charge in [0.05, 0.1) is 54.1 Å². The van der Waals surface area contributed by atoms with Gasteiger partial charge in [0, 0.05) is 49.1 Å². The molecule has 16 nitrogen and oxygen atoms in total. The number of ether oxygens (including phenoxy) is 7. The van der Waals surface area contributed by atoms with Crippen LogP contribution in [0.1, 0.15) is 99.8 Å². The van der Waals surface area contributed by atoms with E-state index >= 15 is 0 Å². The first kappa shape index (κ1) is 51.5. The fourth-order valence-electron chi connectivity index (χ4n) is 9.54. The van der Waals surface area contributed by atoms with E-state index in [0.717, 1.165) is 4.88 Å². The van der Waals surface area contributed by atoms with Crippen molar-refractivity contribution in [3.8, 4) is 0 Å². The number of nitrogens with zero attached hydrogens (tertiary/aromatic N) is 2. The van der Waals surface area contributed by atoms with Crippen molar-refractivity contribution >= 4 is 28.9 Å². The van der Waals surface area contributed by atoms with E-state index in [0.29, 0.717) is 12.1 Å². The van der Waals surface area contributed by atoms with Crippen LogP contribution in [0.2, 0.25) is 0 Å². The fourth-order valence-corrected chi connectivity index (χ4v) is 10.2. The third-order valence-corrected chi connectivity index (χ3v) is 14.4. The molecule has 0 bridgehead atoms. The predicted octanol–water partition coefficient (Wildman–Crippen LogP) is 3.65. The molecule has 0 radical (unpaired) electrons. The van der Waals surface area contributed by atoms with Gasteiger partial charge in [-0.25, -0.2) is 5.43 Å². The summed E-state index contributed by atoms with van der Waals surface area (Å²) in [5.74, 6) is -4.24. The van der Waals surface area contributed by atoms with Gasteiger partial charge in [-0.3, -0.25) is 9.59 Å². The predicted molar refractivity (Wildman–Crippen MR) is 230 cm³/mol. The SMILES string of the molecule is CC[C@H]1OC(=O)[C@H](C)[C@@H](OC2C[C@@](C)(OC)[C@@H](O)[C@H](C)O2)[C@H](C)[C@@H](OC2OC(C)CC(N(C)C)C2O)[C@](C)(OC)C[C@@H](C)/C(=N\NC(=O)Cc2cccs2)[C@H](C)[C@@H](O)[C@]1(C)O. The van der Waals surface area contributed by atoms with Crippen LogP contribution >= 0.6 is 11.3 Å². The zero-order chi connectivity index (χ0) is 45.8. The van der Waals surface area contributed by atoms with Crippen LogP contribution in [0.4, 0.5) is 0 Å². The second-order valence-electron chi connectivity index (χ2n) is 18.6. The summed E-state index contributed by atoms with van der Waals surface area (Å²) in [6.45, 7) is 17.6. The maximum Gasteiger partial charge on any atom is 0.311 e. The van der Waals surface area contributed by atoms with Crippen LogP contribution in [0.5, 0.6) is 0 Å². The first-order valence-electron chi connectivity index (χ1n) is 21.7. The minimum atomic E-state index is -1.97. The molecule has 1 aromatic heterocycles. The van der Waals surface area contributed by atoms with Gasteiger partial charge in [0.2, 0.25) is 5.91 Å². The number of amides is 1. The Morgan fingerprint density at radius 3 is 2.20 bits per heavy atom. The zero-order valence-corrected chi connectivity index (χ0v) is 39.5. The van der Waals surface area contributed by atoms with Crippen molar-refractivity contribution < 1.29 is 63.2 Å². The lowest BCUT2D eigenvalue weighted by Gasteiger charge is -2.50. The molecule has 5 N–H and O–H groups in total. The first-order valence-corrected chi connectivity index (χ1v) is 22.6. The van der Waals surface area contributed by atoms with E-state index in [-0.39, 0.29) is 43.7 Å². The number of likely N-dealkylation sites (N-methyl/N-ethyl adjacent to an activating group) is 1. The highest BCUT2D eigenvalue weighted by Crippen LogP contribution is 2.42. The number of cyclic esters (lactones) is 1. The van der Waals surface area contributed by atoms with Gasteiger partial charge in [-0.15, -0.1) is 11.3 Å². The minimum absolute atomic E-state index is 0.0934. The Balaban J connectivity index is 1.90. The van der Waals surface area contributed by atoms with E-state index in [4.69, 9.17) is 33.2 Å². The van der Waals surface area contributed by atoms with Gasteiger partial charge < -0.3 is 58.5 Å². The summed E-state index contributed by atoms with van der Waals surface area (Å²) < 4.78 is 44.7. The Hall–Kier alpha value is -2.13. The van der Waals surface area contributed by atoms with Crippen molar-refractivity contribution in [2.75, 3.05) is 28.3 Å². The Morgan fingerprint density at radius 1 is 0.967 bits per heavy atom. The van der Waals surface area contributed by atoms with Gasteiger partial charge in [0.1, 0.15) is 23.9 Å². The van der Waals surface area contributed by atoms with E-state index in [1.807, 2.05) is 64.2 Å². The quantitative estimate of drug-likeness (QED) is 0.159. The molecule has 350 valence electrons. The number of hydrogen-bond acceptors (Lipinski definition) is 16. The van der Waals surface area contributed by atoms with Crippen LogP contribution in [-0.4, -0.2) is 155 Å². The third kappa shape index (κ3) is 11.8. The van der Waals surface area contributed by atoms with E-state index < -0.39 is 102 Å². The average Bonchev–Trinajstić information content (AvgIpc) is 3.72. The zero-order valence-electron chi connectivity index (χ0n) is 38.7. The normalized spacial score (nSPS) is 44.1. The summed E-state index contributed by atoms with van der Waals surface area (Å²) in [6, 6.07) is 3.42. The van der Waals surface area contributed by atoms with Crippen molar-refractivity contribution in [3.05, 3.63) is 22.4 Å². The number of thiophene rings is 1. The highest BCUT2D eigenvalue weighted by molar-refractivity contribution is 7.10.